The first-order valence-corrected chi connectivity index (χ1v) is 14.7. The van der Waals surface area contributed by atoms with Crippen molar-refractivity contribution in [2.75, 3.05) is 37.8 Å². The molecule has 0 radical (unpaired) electrons. The largest absolute Gasteiger partial charge is 0.354 e. The van der Waals surface area contributed by atoms with Gasteiger partial charge in [0.2, 0.25) is 5.91 Å². The molecule has 0 bridgehead atoms. The van der Waals surface area contributed by atoms with Crippen molar-refractivity contribution < 1.29 is 14.4 Å². The van der Waals surface area contributed by atoms with Crippen molar-refractivity contribution in [2.45, 2.75) is 26.7 Å². The van der Waals surface area contributed by atoms with E-state index in [0.29, 0.717) is 40.4 Å². The first-order valence-electron chi connectivity index (χ1n) is 14.3. The maximum absolute atomic E-state index is 13.2. The van der Waals surface area contributed by atoms with Crippen molar-refractivity contribution in [1.29, 1.82) is 0 Å². The summed E-state index contributed by atoms with van der Waals surface area (Å²) in [4.78, 5) is 39.8. The molecule has 0 fully saturated rings. The third kappa shape index (κ3) is 9.13. The van der Waals surface area contributed by atoms with Gasteiger partial charge in [-0.2, -0.15) is 5.10 Å². The molecule has 44 heavy (non-hydrogen) atoms. The van der Waals surface area contributed by atoms with Crippen molar-refractivity contribution in [2.24, 2.45) is 0 Å². The van der Waals surface area contributed by atoms with Gasteiger partial charge in [0.15, 0.2) is 5.78 Å². The Morgan fingerprint density at radius 3 is 2.55 bits per heavy atom. The van der Waals surface area contributed by atoms with Gasteiger partial charge >= 0.3 is 0 Å². The zero-order chi connectivity index (χ0) is 31.6. The summed E-state index contributed by atoms with van der Waals surface area (Å²) in [5.74, 6) is -0.630. The second-order valence-electron chi connectivity index (χ2n) is 10.9. The fourth-order valence-electron chi connectivity index (χ4n) is 4.54. The Hall–Kier alpha value is -4.73. The number of aromatic amines is 1. The summed E-state index contributed by atoms with van der Waals surface area (Å²) in [6, 6.07) is 18.5. The van der Waals surface area contributed by atoms with Crippen molar-refractivity contribution in [3.63, 3.8) is 0 Å². The molecule has 0 saturated carbocycles. The lowest BCUT2D eigenvalue weighted by molar-refractivity contribution is -0.116. The number of ketones is 1. The van der Waals surface area contributed by atoms with Crippen LogP contribution in [0, 0.1) is 0 Å². The van der Waals surface area contributed by atoms with Gasteiger partial charge in [-0.1, -0.05) is 35.4 Å². The molecule has 0 aliphatic carbocycles. The Morgan fingerprint density at radius 1 is 1.00 bits per heavy atom. The molecule has 0 saturated heterocycles. The predicted octanol–water partition coefficient (Wildman–Crippen LogP) is 6.73. The Kier molecular flexibility index (Phi) is 11.1. The highest BCUT2D eigenvalue weighted by molar-refractivity contribution is 6.33. The van der Waals surface area contributed by atoms with E-state index in [0.717, 1.165) is 34.4 Å². The summed E-state index contributed by atoms with van der Waals surface area (Å²) < 4.78 is 0. The number of carbonyl (C=O) groups excluding carboxylic acids is 3. The number of anilines is 3. The topological polar surface area (TPSA) is 119 Å². The monoisotopic (exact) mass is 612 g/mol. The number of aromatic nitrogens is 2. The van der Waals surface area contributed by atoms with Crippen LogP contribution >= 0.6 is 11.6 Å². The fraction of sp³-hybridized carbons (Fsp3) is 0.235. The average molecular weight is 613 g/mol. The lowest BCUT2D eigenvalue weighted by atomic mass is 10.0. The molecule has 4 N–H and O–H groups in total. The third-order valence-electron chi connectivity index (χ3n) is 6.57. The molecular formula is C34H37ClN6O3. The smallest absolute Gasteiger partial charge is 0.251 e. The highest BCUT2D eigenvalue weighted by Crippen LogP contribution is 2.32. The normalized spacial score (nSPS) is 11.1. The van der Waals surface area contributed by atoms with Gasteiger partial charge in [-0.15, -0.1) is 0 Å². The molecule has 2 amide bonds. The van der Waals surface area contributed by atoms with Crippen LogP contribution in [0.25, 0.3) is 22.2 Å². The molecule has 0 spiro atoms. The predicted molar refractivity (Wildman–Crippen MR) is 179 cm³/mol. The second kappa shape index (κ2) is 15.1. The van der Waals surface area contributed by atoms with Crippen LogP contribution in [0.4, 0.5) is 17.1 Å². The quantitative estimate of drug-likeness (QED) is 0.124. The Bertz CT molecular complexity index is 1720. The summed E-state index contributed by atoms with van der Waals surface area (Å²) >= 11 is 6.31. The number of H-pyrrole nitrogens is 1. The van der Waals surface area contributed by atoms with E-state index < -0.39 is 0 Å². The maximum Gasteiger partial charge on any atom is 0.251 e. The summed E-state index contributed by atoms with van der Waals surface area (Å²) in [6.07, 6.45) is 5.61. The van der Waals surface area contributed by atoms with E-state index in [1.54, 1.807) is 18.2 Å². The van der Waals surface area contributed by atoms with Gasteiger partial charge < -0.3 is 20.9 Å². The summed E-state index contributed by atoms with van der Waals surface area (Å²) in [5.41, 5.74) is 5.43. The first-order chi connectivity index (χ1) is 21.1. The van der Waals surface area contributed by atoms with Crippen LogP contribution in [-0.4, -0.2) is 59.9 Å². The van der Waals surface area contributed by atoms with Gasteiger partial charge in [0.25, 0.3) is 5.91 Å². The lowest BCUT2D eigenvalue weighted by Crippen LogP contribution is -2.24. The lowest BCUT2D eigenvalue weighted by Gasteiger charge is -2.12. The number of para-hydroxylation sites is 1. The van der Waals surface area contributed by atoms with E-state index in [1.165, 1.54) is 12.2 Å². The standard InChI is InChI=1S/C34H37ClN6O3/c1-22(2)17-27(42)9-7-15-36-34(44)24-18-23(19-26(20-24)38-32(43)12-8-16-41(3)4)33-28-14-13-25(21-31(28)39-40-33)37-30-11-6-5-10-29(30)35/h5-7,9-11,13-14,17-21,37H,8,12,15-16H2,1-4H3,(H,36,44)(H,38,43)(H,39,40)/b9-7+. The van der Waals surface area contributed by atoms with Gasteiger partial charge in [0, 0.05) is 40.9 Å². The molecule has 9 nitrogen and oxygen atoms in total. The van der Waals surface area contributed by atoms with E-state index in [9.17, 15) is 14.4 Å². The van der Waals surface area contributed by atoms with E-state index in [2.05, 4.69) is 26.1 Å². The minimum atomic E-state index is -0.347. The van der Waals surface area contributed by atoms with Crippen molar-refractivity contribution in [1.82, 2.24) is 20.4 Å². The number of allylic oxidation sites excluding steroid dienone is 3. The van der Waals surface area contributed by atoms with Crippen molar-refractivity contribution in [3.8, 4) is 11.3 Å². The minimum absolute atomic E-state index is 0.141. The van der Waals surface area contributed by atoms with E-state index in [1.807, 2.05) is 81.4 Å². The van der Waals surface area contributed by atoms with Gasteiger partial charge in [-0.05, 0) is 102 Å². The van der Waals surface area contributed by atoms with Crippen LogP contribution in [0.1, 0.15) is 37.0 Å². The van der Waals surface area contributed by atoms with Gasteiger partial charge in [0.05, 0.1) is 21.9 Å². The Balaban J connectivity index is 1.60. The second-order valence-corrected chi connectivity index (χ2v) is 11.3. The molecule has 1 aromatic heterocycles. The van der Waals surface area contributed by atoms with Crippen LogP contribution < -0.4 is 16.0 Å². The SMILES string of the molecule is CC(C)=CC(=O)/C=C/CNC(=O)c1cc(NC(=O)CCCN(C)C)cc(-c2n[nH]c3cc(Nc4ccccc4Cl)ccc23)c1. The minimum Gasteiger partial charge on any atom is -0.354 e. The number of halogens is 1. The van der Waals surface area contributed by atoms with Crippen LogP contribution in [0.5, 0.6) is 0 Å². The summed E-state index contributed by atoms with van der Waals surface area (Å²) in [6.45, 7) is 4.65. The van der Waals surface area contributed by atoms with Crippen LogP contribution in [-0.2, 0) is 9.59 Å². The molecule has 0 aliphatic heterocycles. The molecular weight excluding hydrogens is 576 g/mol. The van der Waals surface area contributed by atoms with E-state index in [-0.39, 0.29) is 24.1 Å². The molecule has 4 aromatic rings. The van der Waals surface area contributed by atoms with Crippen molar-refractivity contribution >= 4 is 57.2 Å². The van der Waals surface area contributed by atoms with E-state index >= 15 is 0 Å². The van der Waals surface area contributed by atoms with Crippen LogP contribution in [0.2, 0.25) is 5.02 Å². The van der Waals surface area contributed by atoms with Gasteiger partial charge in [-0.25, -0.2) is 0 Å². The molecule has 0 unspecified atom stereocenters. The fourth-order valence-corrected chi connectivity index (χ4v) is 4.73. The van der Waals surface area contributed by atoms with Gasteiger partial charge in [0.1, 0.15) is 0 Å². The highest BCUT2D eigenvalue weighted by Gasteiger charge is 2.15. The number of amides is 2. The molecule has 228 valence electrons. The Labute approximate surface area is 262 Å². The van der Waals surface area contributed by atoms with Crippen LogP contribution in [0.15, 0.2) is 84.5 Å². The Morgan fingerprint density at radius 2 is 1.80 bits per heavy atom. The van der Waals surface area contributed by atoms with E-state index in [4.69, 9.17) is 11.6 Å². The number of rotatable bonds is 13. The highest BCUT2D eigenvalue weighted by atomic mass is 35.5. The molecule has 10 heteroatoms. The number of nitrogens with one attached hydrogen (secondary N) is 4. The summed E-state index contributed by atoms with van der Waals surface area (Å²) in [7, 11) is 3.92. The molecule has 0 atom stereocenters. The van der Waals surface area contributed by atoms with Gasteiger partial charge in [-0.3, -0.25) is 19.5 Å². The average Bonchev–Trinajstić information content (AvgIpc) is 3.39. The number of hydrogen-bond acceptors (Lipinski definition) is 6. The maximum atomic E-state index is 13.2. The molecule has 1 heterocycles. The molecule has 4 rings (SSSR count). The molecule has 3 aromatic carbocycles. The number of carbonyl (C=O) groups is 3. The third-order valence-corrected chi connectivity index (χ3v) is 6.90. The zero-order valence-corrected chi connectivity index (χ0v) is 26.1. The van der Waals surface area contributed by atoms with Crippen molar-refractivity contribution in [3.05, 3.63) is 95.1 Å². The number of hydrogen-bond donors (Lipinski definition) is 4. The molecule has 0 aliphatic rings. The number of fused-ring (bicyclic) bond motifs is 1. The zero-order valence-electron chi connectivity index (χ0n) is 25.3. The first kappa shape index (κ1) is 32.2. The number of nitrogens with zero attached hydrogens (tertiary/aromatic N) is 2. The van der Waals surface area contributed by atoms with Crippen LogP contribution in [0.3, 0.4) is 0 Å². The summed E-state index contributed by atoms with van der Waals surface area (Å²) in [5, 5.41) is 18.2. The number of benzene rings is 3.